The van der Waals surface area contributed by atoms with Crippen LogP contribution in [0.25, 0.3) is 0 Å². The van der Waals surface area contributed by atoms with Crippen LogP contribution in [-0.4, -0.2) is 64.4 Å². The number of hydrogen-bond donors (Lipinski definition) is 2. The summed E-state index contributed by atoms with van der Waals surface area (Å²) in [6.45, 7) is 2.39. The predicted molar refractivity (Wildman–Crippen MR) is 145 cm³/mol. The number of carbonyl (C=O) groups is 3. The molecule has 2 amide bonds. The highest BCUT2D eigenvalue weighted by atomic mass is 16.4. The first kappa shape index (κ1) is 25.8. The van der Waals surface area contributed by atoms with E-state index in [1.54, 1.807) is 6.07 Å². The molecular weight excluding hydrogens is 478 g/mol. The van der Waals surface area contributed by atoms with Gasteiger partial charge in [0.05, 0.1) is 6.42 Å². The molecule has 38 heavy (non-hydrogen) atoms. The number of carboxylic acid groups (broad SMARTS) is 1. The summed E-state index contributed by atoms with van der Waals surface area (Å²) >= 11 is 0. The molecule has 4 aliphatic carbocycles. The van der Waals surface area contributed by atoms with Gasteiger partial charge in [0.15, 0.2) is 0 Å². The van der Waals surface area contributed by atoms with Crippen LogP contribution in [0.5, 0.6) is 0 Å². The second kappa shape index (κ2) is 10.3. The van der Waals surface area contributed by atoms with Crippen LogP contribution < -0.4 is 5.73 Å². The third-order valence-corrected chi connectivity index (χ3v) is 10.8. The number of nitrogens with two attached hydrogens (primary N) is 1. The van der Waals surface area contributed by atoms with Crippen LogP contribution in [0, 0.1) is 23.2 Å². The highest BCUT2D eigenvalue weighted by Crippen LogP contribution is 2.60. The van der Waals surface area contributed by atoms with E-state index in [4.69, 9.17) is 5.73 Å². The molecular formula is C31H43N3O4. The van der Waals surface area contributed by atoms with E-state index in [2.05, 4.69) is 15.9 Å². The zero-order chi connectivity index (χ0) is 26.4. The molecule has 7 nitrogen and oxygen atoms in total. The number of aliphatic carboxylic acids is 1. The summed E-state index contributed by atoms with van der Waals surface area (Å²) in [5.74, 6) is 1.69. The molecule has 0 radical (unpaired) electrons. The Balaban J connectivity index is 1.12. The molecule has 6 fully saturated rings. The van der Waals surface area contributed by atoms with Crippen LogP contribution in [0.2, 0.25) is 0 Å². The van der Waals surface area contributed by atoms with Gasteiger partial charge in [0.2, 0.25) is 11.8 Å². The molecule has 2 aliphatic heterocycles. The summed E-state index contributed by atoms with van der Waals surface area (Å²) in [5, 5.41) is 9.22. The second-order valence-electron chi connectivity index (χ2n) is 13.4. The Morgan fingerprint density at radius 3 is 2.16 bits per heavy atom. The van der Waals surface area contributed by atoms with Gasteiger partial charge in [-0.05, 0) is 111 Å². The zero-order valence-electron chi connectivity index (χ0n) is 22.5. The third-order valence-electron chi connectivity index (χ3n) is 10.8. The van der Waals surface area contributed by atoms with Gasteiger partial charge in [0, 0.05) is 43.7 Å². The van der Waals surface area contributed by atoms with Crippen molar-refractivity contribution < 1.29 is 19.5 Å². The first-order valence-electron chi connectivity index (χ1n) is 14.9. The van der Waals surface area contributed by atoms with E-state index < -0.39 is 5.97 Å². The number of fused-ring (bicyclic) bond motifs is 2. The standard InChI is InChI=1S/C31H43N3O4/c32-30(38)24-3-1-2-23(13-24)25-14-26-4-5-27(15-25)34(26)9-8-33(28(35)6-7-29(36)37)19-31-16-20-10-21(17-31)12-22(11-20)18-31/h1-3,13,20-22,25-27H,4-12,14-19H2,(H2,32,38)(H,36,37)/t20?,21?,22?,25?,26-,27+,31?. The molecule has 6 bridgehead atoms. The van der Waals surface area contributed by atoms with Crippen molar-refractivity contribution >= 4 is 17.8 Å². The van der Waals surface area contributed by atoms with E-state index in [1.165, 1.54) is 56.9 Å². The lowest BCUT2D eigenvalue weighted by molar-refractivity contribution is -0.143. The smallest absolute Gasteiger partial charge is 0.303 e. The fourth-order valence-electron chi connectivity index (χ4n) is 9.65. The maximum Gasteiger partial charge on any atom is 0.303 e. The SMILES string of the molecule is NC(=O)c1cccc(C2C[C@H]3CC[C@@H](C2)N3CCN(CC23CC4CC(CC(C4)C2)C3)C(=O)CCC(=O)O)c1. The molecule has 3 atom stereocenters. The number of carboxylic acids is 1. The molecule has 7 rings (SSSR count). The van der Waals surface area contributed by atoms with E-state index >= 15 is 0 Å². The Bertz CT molecular complexity index is 1040. The van der Waals surface area contributed by atoms with Gasteiger partial charge in [-0.15, -0.1) is 0 Å². The number of rotatable bonds is 10. The van der Waals surface area contributed by atoms with Gasteiger partial charge in [0.25, 0.3) is 0 Å². The summed E-state index contributed by atoms with van der Waals surface area (Å²) in [7, 11) is 0. The molecule has 0 aromatic heterocycles. The maximum atomic E-state index is 13.4. The molecule has 7 heteroatoms. The van der Waals surface area contributed by atoms with Gasteiger partial charge in [0.1, 0.15) is 0 Å². The van der Waals surface area contributed by atoms with Crippen LogP contribution in [0.15, 0.2) is 24.3 Å². The predicted octanol–water partition coefficient (Wildman–Crippen LogP) is 4.41. The van der Waals surface area contributed by atoms with Crippen molar-refractivity contribution in [3.05, 3.63) is 35.4 Å². The minimum absolute atomic E-state index is 0.0219. The lowest BCUT2D eigenvalue weighted by Crippen LogP contribution is -2.54. The fraction of sp³-hybridized carbons (Fsp3) is 0.710. The number of hydrogen-bond acceptors (Lipinski definition) is 4. The van der Waals surface area contributed by atoms with E-state index in [0.717, 1.165) is 43.7 Å². The summed E-state index contributed by atoms with van der Waals surface area (Å²) in [5.41, 5.74) is 7.58. The third kappa shape index (κ3) is 5.23. The van der Waals surface area contributed by atoms with Gasteiger partial charge in [-0.2, -0.15) is 0 Å². The van der Waals surface area contributed by atoms with Crippen molar-refractivity contribution in [3.8, 4) is 0 Å². The van der Waals surface area contributed by atoms with Gasteiger partial charge >= 0.3 is 5.97 Å². The van der Waals surface area contributed by atoms with Gasteiger partial charge in [-0.1, -0.05) is 12.1 Å². The van der Waals surface area contributed by atoms with E-state index in [9.17, 15) is 19.5 Å². The first-order valence-corrected chi connectivity index (χ1v) is 14.9. The molecule has 0 spiro atoms. The van der Waals surface area contributed by atoms with Gasteiger partial charge < -0.3 is 15.7 Å². The minimum Gasteiger partial charge on any atom is -0.481 e. The molecule has 1 unspecified atom stereocenters. The number of amides is 2. The highest BCUT2D eigenvalue weighted by molar-refractivity contribution is 5.92. The van der Waals surface area contributed by atoms with Crippen LogP contribution in [-0.2, 0) is 9.59 Å². The molecule has 2 saturated heterocycles. The summed E-state index contributed by atoms with van der Waals surface area (Å²) < 4.78 is 0. The summed E-state index contributed by atoms with van der Waals surface area (Å²) in [6, 6.07) is 8.80. The molecule has 1 aromatic carbocycles. The van der Waals surface area contributed by atoms with Crippen molar-refractivity contribution in [1.29, 1.82) is 0 Å². The molecule has 1 aromatic rings. The number of nitrogens with zero attached hydrogens (tertiary/aromatic N) is 2. The summed E-state index contributed by atoms with van der Waals surface area (Å²) in [4.78, 5) is 41.0. The van der Waals surface area contributed by atoms with Crippen molar-refractivity contribution in [2.75, 3.05) is 19.6 Å². The van der Waals surface area contributed by atoms with Crippen molar-refractivity contribution in [3.63, 3.8) is 0 Å². The number of primary amides is 1. The Morgan fingerprint density at radius 1 is 0.947 bits per heavy atom. The van der Waals surface area contributed by atoms with Crippen molar-refractivity contribution in [1.82, 2.24) is 9.80 Å². The lowest BCUT2D eigenvalue weighted by Gasteiger charge is -2.58. The summed E-state index contributed by atoms with van der Waals surface area (Å²) in [6.07, 6.45) is 12.4. The second-order valence-corrected chi connectivity index (χ2v) is 13.4. The topological polar surface area (TPSA) is 104 Å². The van der Waals surface area contributed by atoms with Crippen LogP contribution in [0.4, 0.5) is 0 Å². The van der Waals surface area contributed by atoms with Crippen LogP contribution in [0.3, 0.4) is 0 Å². The van der Waals surface area contributed by atoms with E-state index in [0.29, 0.717) is 30.1 Å². The Labute approximate surface area is 226 Å². The van der Waals surface area contributed by atoms with Crippen molar-refractivity contribution in [2.24, 2.45) is 28.9 Å². The molecule has 6 aliphatic rings. The largest absolute Gasteiger partial charge is 0.481 e. The molecule has 3 N–H and O–H groups in total. The van der Waals surface area contributed by atoms with Gasteiger partial charge in [-0.25, -0.2) is 0 Å². The maximum absolute atomic E-state index is 13.4. The average molecular weight is 522 g/mol. The number of carbonyl (C=O) groups excluding carboxylic acids is 2. The Morgan fingerprint density at radius 2 is 1.58 bits per heavy atom. The monoisotopic (exact) mass is 521 g/mol. The van der Waals surface area contributed by atoms with Crippen molar-refractivity contribution in [2.45, 2.75) is 95.1 Å². The van der Waals surface area contributed by atoms with Gasteiger partial charge in [-0.3, -0.25) is 19.3 Å². The first-order chi connectivity index (χ1) is 18.3. The fourth-order valence-corrected chi connectivity index (χ4v) is 9.65. The lowest BCUT2D eigenvalue weighted by atomic mass is 9.49. The minimum atomic E-state index is -0.895. The Kier molecular flexibility index (Phi) is 7.00. The number of piperidine rings is 1. The van der Waals surface area contributed by atoms with E-state index in [1.807, 2.05) is 12.1 Å². The Hall–Kier alpha value is -2.41. The molecule has 4 saturated carbocycles. The van der Waals surface area contributed by atoms with Crippen LogP contribution >= 0.6 is 0 Å². The zero-order valence-corrected chi connectivity index (χ0v) is 22.5. The van der Waals surface area contributed by atoms with Crippen LogP contribution in [0.1, 0.15) is 98.9 Å². The quantitative estimate of drug-likeness (QED) is 0.475. The normalized spacial score (nSPS) is 35.4. The van der Waals surface area contributed by atoms with E-state index in [-0.39, 0.29) is 30.1 Å². The molecule has 206 valence electrons. The highest BCUT2D eigenvalue weighted by Gasteiger charge is 2.51. The molecule has 2 heterocycles. The average Bonchev–Trinajstić information content (AvgIpc) is 3.10. The number of benzene rings is 1.